The molecule has 0 radical (unpaired) electrons. The Kier molecular flexibility index (Phi) is 9.28. The number of methoxy groups -OCH3 is 1. The number of phenolic OH excluding ortho intramolecular Hbond substituents is 1. The number of ether oxygens (including phenoxy) is 1. The fourth-order valence-corrected chi connectivity index (χ4v) is 6.93. The zero-order valence-corrected chi connectivity index (χ0v) is 24.0. The summed E-state index contributed by atoms with van der Waals surface area (Å²) in [7, 11) is 1.73. The van der Waals surface area contributed by atoms with E-state index in [-0.39, 0.29) is 16.4 Å². The summed E-state index contributed by atoms with van der Waals surface area (Å²) in [6.45, 7) is 7.28. The summed E-state index contributed by atoms with van der Waals surface area (Å²) in [5.74, 6) is 0.586. The number of fused-ring (bicyclic) bond motifs is 2. The van der Waals surface area contributed by atoms with Crippen molar-refractivity contribution in [3.05, 3.63) is 74.1 Å². The van der Waals surface area contributed by atoms with Gasteiger partial charge in [0.15, 0.2) is 0 Å². The van der Waals surface area contributed by atoms with Gasteiger partial charge in [0.2, 0.25) is 0 Å². The highest BCUT2D eigenvalue weighted by atomic mass is 35.5. The maximum atomic E-state index is 13.3. The van der Waals surface area contributed by atoms with Gasteiger partial charge in [0.05, 0.1) is 10.6 Å². The second-order valence-corrected chi connectivity index (χ2v) is 11.7. The van der Waals surface area contributed by atoms with Crippen LogP contribution in [-0.4, -0.2) is 60.8 Å². The third-order valence-electron chi connectivity index (χ3n) is 8.75. The Morgan fingerprint density at radius 1 is 1.13 bits per heavy atom. The van der Waals surface area contributed by atoms with Gasteiger partial charge in [-0.2, -0.15) is 0 Å². The molecule has 3 aromatic rings. The summed E-state index contributed by atoms with van der Waals surface area (Å²) < 4.78 is 11.3. The zero-order chi connectivity index (χ0) is 27.4. The van der Waals surface area contributed by atoms with E-state index in [2.05, 4.69) is 9.80 Å². The molecule has 0 spiro atoms. The fourth-order valence-electron chi connectivity index (χ4n) is 6.70. The van der Waals surface area contributed by atoms with Crippen molar-refractivity contribution in [3.63, 3.8) is 0 Å². The first-order valence-corrected chi connectivity index (χ1v) is 14.8. The van der Waals surface area contributed by atoms with Gasteiger partial charge in [0.25, 0.3) is 0 Å². The Labute approximate surface area is 236 Å². The van der Waals surface area contributed by atoms with Gasteiger partial charge in [0, 0.05) is 56.8 Å². The summed E-state index contributed by atoms with van der Waals surface area (Å²) in [4.78, 5) is 18.4. The van der Waals surface area contributed by atoms with E-state index < -0.39 is 0 Å². The van der Waals surface area contributed by atoms with E-state index in [0.717, 1.165) is 36.0 Å². The molecule has 2 aromatic carbocycles. The Morgan fingerprint density at radius 2 is 1.92 bits per heavy atom. The smallest absolute Gasteiger partial charge is 0.340 e. The highest BCUT2D eigenvalue weighted by molar-refractivity contribution is 6.33. The lowest BCUT2D eigenvalue weighted by atomic mass is 9.83. The van der Waals surface area contributed by atoms with Crippen LogP contribution in [0.3, 0.4) is 0 Å². The van der Waals surface area contributed by atoms with Crippen molar-refractivity contribution < 1.29 is 14.3 Å². The molecule has 2 atom stereocenters. The highest BCUT2D eigenvalue weighted by Gasteiger charge is 2.34. The van der Waals surface area contributed by atoms with E-state index >= 15 is 0 Å². The van der Waals surface area contributed by atoms with Crippen molar-refractivity contribution in [2.45, 2.75) is 64.5 Å². The van der Waals surface area contributed by atoms with E-state index in [1.54, 1.807) is 13.2 Å². The lowest BCUT2D eigenvalue weighted by Crippen LogP contribution is -2.51. The van der Waals surface area contributed by atoms with E-state index in [0.29, 0.717) is 48.2 Å². The topological polar surface area (TPSA) is 66.2 Å². The van der Waals surface area contributed by atoms with Crippen molar-refractivity contribution in [1.29, 1.82) is 0 Å². The van der Waals surface area contributed by atoms with Crippen LogP contribution in [0.2, 0.25) is 5.02 Å². The number of hydrogen-bond acceptors (Lipinski definition) is 6. The molecule has 6 nitrogen and oxygen atoms in total. The van der Waals surface area contributed by atoms with Crippen molar-refractivity contribution in [2.24, 2.45) is 5.92 Å². The van der Waals surface area contributed by atoms with Gasteiger partial charge in [-0.15, -0.1) is 0 Å². The Morgan fingerprint density at radius 3 is 2.72 bits per heavy atom. The molecule has 0 aliphatic carbocycles. The molecule has 2 unspecified atom stereocenters. The number of phenols is 1. The monoisotopic (exact) mass is 552 g/mol. The lowest BCUT2D eigenvalue weighted by Gasteiger charge is -2.45. The Hall–Kier alpha value is -2.38. The minimum absolute atomic E-state index is 0.00204. The molecule has 0 bridgehead atoms. The van der Waals surface area contributed by atoms with Crippen LogP contribution in [-0.2, 0) is 17.7 Å². The second kappa shape index (κ2) is 12.9. The van der Waals surface area contributed by atoms with E-state index in [1.807, 2.05) is 37.3 Å². The third-order valence-corrected chi connectivity index (χ3v) is 9.04. The zero-order valence-electron chi connectivity index (χ0n) is 23.3. The first kappa shape index (κ1) is 28.2. The molecule has 1 aromatic heterocycles. The number of halogens is 1. The number of hydrogen-bond donors (Lipinski definition) is 1. The molecule has 3 heterocycles. The number of rotatable bonds is 10. The lowest BCUT2D eigenvalue weighted by molar-refractivity contribution is 0.0372. The van der Waals surface area contributed by atoms with E-state index in [4.69, 9.17) is 20.8 Å². The van der Waals surface area contributed by atoms with Gasteiger partial charge < -0.3 is 19.2 Å². The maximum absolute atomic E-state index is 13.3. The van der Waals surface area contributed by atoms with Crippen LogP contribution in [0.1, 0.15) is 60.8 Å². The second-order valence-electron chi connectivity index (χ2n) is 11.3. The van der Waals surface area contributed by atoms with Gasteiger partial charge in [-0.05, 0) is 75.2 Å². The van der Waals surface area contributed by atoms with Crippen LogP contribution in [0, 0.1) is 12.8 Å². The van der Waals surface area contributed by atoms with Crippen molar-refractivity contribution >= 4 is 22.6 Å². The molecule has 1 N–H and O–H groups in total. The molecule has 2 saturated heterocycles. The Bertz CT molecular complexity index is 1320. The maximum Gasteiger partial charge on any atom is 0.340 e. The molecule has 0 amide bonds. The molecule has 5 rings (SSSR count). The number of piperidine rings is 2. The summed E-state index contributed by atoms with van der Waals surface area (Å²) in [6.07, 6.45) is 7.70. The van der Waals surface area contributed by atoms with Crippen molar-refractivity contribution in [3.8, 4) is 5.75 Å². The molecule has 2 fully saturated rings. The summed E-state index contributed by atoms with van der Waals surface area (Å²) in [6, 6.07) is 12.3. The summed E-state index contributed by atoms with van der Waals surface area (Å²) in [5.41, 5.74) is 3.20. The molecule has 2 aliphatic rings. The van der Waals surface area contributed by atoms with Gasteiger partial charge >= 0.3 is 5.63 Å². The highest BCUT2D eigenvalue weighted by Crippen LogP contribution is 2.38. The molecule has 2 aliphatic heterocycles. The van der Waals surface area contributed by atoms with Crippen LogP contribution in [0.15, 0.2) is 45.6 Å². The van der Waals surface area contributed by atoms with Crippen LogP contribution >= 0.6 is 11.6 Å². The van der Waals surface area contributed by atoms with Crippen LogP contribution < -0.4 is 5.63 Å². The van der Waals surface area contributed by atoms with Gasteiger partial charge in [0.1, 0.15) is 11.3 Å². The number of benzene rings is 2. The number of aryl methyl sites for hydroxylation is 1. The fraction of sp³-hybridized carbons (Fsp3) is 0.531. The van der Waals surface area contributed by atoms with Crippen LogP contribution in [0.4, 0.5) is 0 Å². The average Bonchev–Trinajstić information content (AvgIpc) is 2.95. The van der Waals surface area contributed by atoms with E-state index in [9.17, 15) is 9.90 Å². The minimum atomic E-state index is -0.358. The molecule has 39 heavy (non-hydrogen) atoms. The largest absolute Gasteiger partial charge is 0.506 e. The normalized spacial score (nSPS) is 20.0. The standard InChI is InChI=1S/C32H41ClN2O4/c1-22-25-19-28(33)30(36)27(31(25)39-32(37)26(22)18-23-10-4-3-5-11-23)21-34(14-9-17-38-2)20-24-12-8-16-35-15-7-6-13-29(24)35/h3-5,10-11,19,24,29,36H,6-9,12-18,20-21H2,1-2H3. The minimum Gasteiger partial charge on any atom is -0.506 e. The van der Waals surface area contributed by atoms with Crippen LogP contribution in [0.5, 0.6) is 5.75 Å². The predicted octanol–water partition coefficient (Wildman–Crippen LogP) is 6.15. The third kappa shape index (κ3) is 6.35. The summed E-state index contributed by atoms with van der Waals surface area (Å²) >= 11 is 6.60. The van der Waals surface area contributed by atoms with Gasteiger partial charge in [-0.3, -0.25) is 4.90 Å². The molecule has 210 valence electrons. The first-order valence-electron chi connectivity index (χ1n) is 14.4. The number of aromatic hydroxyl groups is 1. The quantitative estimate of drug-likeness (QED) is 0.240. The van der Waals surface area contributed by atoms with E-state index in [1.165, 1.54) is 45.2 Å². The van der Waals surface area contributed by atoms with Gasteiger partial charge in [-0.1, -0.05) is 48.4 Å². The Balaban J connectivity index is 1.48. The predicted molar refractivity (Wildman–Crippen MR) is 157 cm³/mol. The van der Waals surface area contributed by atoms with Crippen LogP contribution in [0.25, 0.3) is 11.0 Å². The van der Waals surface area contributed by atoms with Crippen molar-refractivity contribution in [1.82, 2.24) is 9.80 Å². The molecule has 0 saturated carbocycles. The molecule has 7 heteroatoms. The average molecular weight is 553 g/mol. The van der Waals surface area contributed by atoms with Gasteiger partial charge in [-0.25, -0.2) is 4.79 Å². The number of nitrogens with zero attached hydrogens (tertiary/aromatic N) is 2. The molecular weight excluding hydrogens is 512 g/mol. The van der Waals surface area contributed by atoms with Crippen molar-refractivity contribution in [2.75, 3.05) is 39.9 Å². The SMILES string of the molecule is COCCCN(Cc1c(O)c(Cl)cc2c(C)c(Cc3ccccc3)c(=O)oc12)CC1CCCN2CCCCC12. The first-order chi connectivity index (χ1) is 19.0. The molecular formula is C32H41ClN2O4. The summed E-state index contributed by atoms with van der Waals surface area (Å²) in [5, 5.41) is 12.2.